The lowest BCUT2D eigenvalue weighted by Gasteiger charge is -2.40. The summed E-state index contributed by atoms with van der Waals surface area (Å²) < 4.78 is 22.6. The molecule has 0 fully saturated rings. The third kappa shape index (κ3) is 6.74. The van der Waals surface area contributed by atoms with Crippen molar-refractivity contribution in [1.82, 2.24) is 0 Å². The molecule has 12 rings (SSSR count). The summed E-state index contributed by atoms with van der Waals surface area (Å²) in [7, 11) is 6.72. The lowest BCUT2D eigenvalue weighted by Crippen LogP contribution is -2.43. The van der Waals surface area contributed by atoms with Gasteiger partial charge in [-0.3, -0.25) is 4.99 Å². The van der Waals surface area contributed by atoms with Gasteiger partial charge in [-0.15, -0.1) is 0 Å². The van der Waals surface area contributed by atoms with Gasteiger partial charge in [-0.25, -0.2) is 15.0 Å². The van der Waals surface area contributed by atoms with Gasteiger partial charge in [-0.2, -0.15) is 0 Å². The van der Waals surface area contributed by atoms with E-state index in [9.17, 15) is 0 Å². The molecular formula is C62H46N4O4. The predicted molar refractivity (Wildman–Crippen MR) is 285 cm³/mol. The number of rotatable bonds is 11. The molecule has 0 saturated heterocycles. The van der Waals surface area contributed by atoms with E-state index in [1.165, 1.54) is 0 Å². The van der Waals surface area contributed by atoms with Gasteiger partial charge < -0.3 is 18.9 Å². The summed E-state index contributed by atoms with van der Waals surface area (Å²) in [6.07, 6.45) is 1.91. The minimum Gasteiger partial charge on any atom is -0.497 e. The lowest BCUT2D eigenvalue weighted by molar-refractivity contribution is 0.262. The zero-order valence-corrected chi connectivity index (χ0v) is 39.1. The molecule has 70 heavy (non-hydrogen) atoms. The number of nitrogens with zero attached hydrogens (tertiary/aromatic N) is 4. The first-order valence-corrected chi connectivity index (χ1v) is 23.2. The van der Waals surface area contributed by atoms with Gasteiger partial charge in [0.15, 0.2) is 0 Å². The van der Waals surface area contributed by atoms with Gasteiger partial charge in [0.25, 0.3) is 0 Å². The van der Waals surface area contributed by atoms with Gasteiger partial charge in [-0.05, 0) is 151 Å². The van der Waals surface area contributed by atoms with Crippen LogP contribution in [-0.2, 0) is 11.3 Å². The van der Waals surface area contributed by atoms with Crippen molar-refractivity contribution in [2.45, 2.75) is 11.3 Å². The van der Waals surface area contributed by atoms with E-state index in [2.05, 4.69) is 140 Å². The molecule has 0 spiro atoms. The Hall–Kier alpha value is -8.88. The second kappa shape index (κ2) is 17.0. The van der Waals surface area contributed by atoms with Crippen LogP contribution in [0.3, 0.4) is 0 Å². The van der Waals surface area contributed by atoms with Gasteiger partial charge in [0, 0.05) is 27.8 Å². The second-order valence-corrected chi connectivity index (χ2v) is 17.5. The molecule has 0 saturated carbocycles. The molecule has 1 unspecified atom stereocenters. The van der Waals surface area contributed by atoms with E-state index < -0.39 is 11.3 Å². The quantitative estimate of drug-likeness (QED) is 0.121. The van der Waals surface area contributed by atoms with E-state index in [1.54, 1.807) is 28.4 Å². The number of methoxy groups -OCH3 is 4. The van der Waals surface area contributed by atoms with Crippen molar-refractivity contribution in [1.29, 1.82) is 0 Å². The first-order valence-electron chi connectivity index (χ1n) is 23.2. The minimum atomic E-state index is -1.57. The van der Waals surface area contributed by atoms with Crippen molar-refractivity contribution in [2.75, 3.05) is 28.4 Å². The van der Waals surface area contributed by atoms with E-state index in [4.69, 9.17) is 38.9 Å². The van der Waals surface area contributed by atoms with Gasteiger partial charge in [0.2, 0.25) is 11.3 Å². The molecule has 8 nitrogen and oxygen atoms in total. The van der Waals surface area contributed by atoms with E-state index in [0.717, 1.165) is 105 Å². The summed E-state index contributed by atoms with van der Waals surface area (Å²) in [6, 6.07) is 69.0. The number of hydrogen-bond donors (Lipinski definition) is 0. The van der Waals surface area contributed by atoms with Crippen LogP contribution in [0.15, 0.2) is 220 Å². The normalized spacial score (nSPS) is 16.1. The molecule has 10 aromatic carbocycles. The van der Waals surface area contributed by atoms with Crippen LogP contribution in [0.5, 0.6) is 23.0 Å². The number of fused-ring (bicyclic) bond motifs is 6. The Balaban J connectivity index is 1.28. The monoisotopic (exact) mass is 910 g/mol. The Morgan fingerprint density at radius 2 is 0.771 bits per heavy atom. The zero-order valence-electron chi connectivity index (χ0n) is 39.1. The van der Waals surface area contributed by atoms with Gasteiger partial charge in [0.05, 0.1) is 51.8 Å². The molecule has 0 radical (unpaired) electrons. The Morgan fingerprint density at radius 3 is 1.31 bits per heavy atom. The number of benzene rings is 10. The van der Waals surface area contributed by atoms with Crippen LogP contribution in [0.2, 0.25) is 0 Å². The summed E-state index contributed by atoms with van der Waals surface area (Å²) in [5, 5.41) is 8.42. The summed E-state index contributed by atoms with van der Waals surface area (Å²) >= 11 is 0. The maximum absolute atomic E-state index is 6.13. The first kappa shape index (κ1) is 42.5. The van der Waals surface area contributed by atoms with Crippen molar-refractivity contribution in [3.8, 4) is 34.1 Å². The largest absolute Gasteiger partial charge is 0.497 e. The summed E-state index contributed by atoms with van der Waals surface area (Å²) in [5.41, 5.74) is 5.39. The molecule has 10 aromatic rings. The van der Waals surface area contributed by atoms with E-state index in [1.807, 2.05) is 66.9 Å². The van der Waals surface area contributed by atoms with Crippen molar-refractivity contribution in [2.24, 2.45) is 20.0 Å². The molecule has 2 heterocycles. The Kier molecular flexibility index (Phi) is 10.3. The molecule has 8 heteroatoms. The standard InChI is InChI=1S/C62H46N4O4/c1-67-45-28-20-39(21-29-45)50-18-11-19-54-56(37-44-13-6-8-15-51(44)58(50)54)61(63-38-57(64-61)40-22-30-46(68-2)31-23-40)62(55-36-43-12-5-7-14-49(43)52-16-9-10-17-53(52)55)65-59(41-24-32-47(69-3)33-25-41)60(66-62)42-26-34-48(70-4)35-27-42/h5-38H,1-4H3. The van der Waals surface area contributed by atoms with Crippen LogP contribution >= 0.6 is 0 Å². The number of hydrogen-bond acceptors (Lipinski definition) is 8. The fourth-order valence-electron chi connectivity index (χ4n) is 10.4. The molecule has 338 valence electrons. The Bertz CT molecular complexity index is 3740. The fourth-order valence-corrected chi connectivity index (χ4v) is 10.4. The van der Waals surface area contributed by atoms with Crippen LogP contribution in [-0.4, -0.2) is 51.8 Å². The maximum atomic E-state index is 6.13. The molecule has 1 atom stereocenters. The average Bonchev–Trinajstić information content (AvgIpc) is 4.08. The molecule has 0 aromatic heterocycles. The molecular weight excluding hydrogens is 865 g/mol. The van der Waals surface area contributed by atoms with E-state index in [-0.39, 0.29) is 0 Å². The fraction of sp³-hybridized carbons (Fsp3) is 0.0968. The van der Waals surface area contributed by atoms with Crippen LogP contribution in [0, 0.1) is 0 Å². The highest BCUT2D eigenvalue weighted by Crippen LogP contribution is 2.58. The van der Waals surface area contributed by atoms with Gasteiger partial charge in [0.1, 0.15) is 23.0 Å². The zero-order chi connectivity index (χ0) is 47.4. The predicted octanol–water partition coefficient (Wildman–Crippen LogP) is 13.6. The van der Waals surface area contributed by atoms with Crippen molar-refractivity contribution in [3.63, 3.8) is 0 Å². The van der Waals surface area contributed by atoms with Crippen LogP contribution in [0.1, 0.15) is 27.8 Å². The molecule has 0 bridgehead atoms. The molecule has 0 N–H and O–H groups in total. The lowest BCUT2D eigenvalue weighted by atomic mass is 9.76. The van der Waals surface area contributed by atoms with Gasteiger partial charge >= 0.3 is 0 Å². The first-order chi connectivity index (χ1) is 34.4. The third-order valence-corrected chi connectivity index (χ3v) is 13.8. The van der Waals surface area contributed by atoms with E-state index >= 15 is 0 Å². The van der Waals surface area contributed by atoms with Crippen LogP contribution in [0.25, 0.3) is 54.2 Å². The highest BCUT2D eigenvalue weighted by molar-refractivity contribution is 6.54. The SMILES string of the molecule is COc1ccc(C2=NC(c3cc4ccccc4c4c(-c5ccc(OC)cc5)cccc34)(C3(c4cc5ccccc5c5ccccc45)N=C(c4ccc(OC)cc4)C(c4ccc(OC)cc4)=N3)N=C2)cc1. The number of ether oxygens (including phenoxy) is 4. The highest BCUT2D eigenvalue weighted by atomic mass is 16.5. The highest BCUT2D eigenvalue weighted by Gasteiger charge is 2.60. The number of aliphatic imine (C=N–C) groups is 4. The summed E-state index contributed by atoms with van der Waals surface area (Å²) in [5.74, 6) is 3.00. The Morgan fingerprint density at radius 1 is 0.343 bits per heavy atom. The molecule has 0 amide bonds. The molecule has 2 aliphatic heterocycles. The smallest absolute Gasteiger partial charge is 0.227 e. The van der Waals surface area contributed by atoms with E-state index in [0.29, 0.717) is 17.1 Å². The van der Waals surface area contributed by atoms with Crippen LogP contribution < -0.4 is 18.9 Å². The summed E-state index contributed by atoms with van der Waals surface area (Å²) in [6.45, 7) is 0. The second-order valence-electron chi connectivity index (χ2n) is 17.5. The maximum Gasteiger partial charge on any atom is 0.227 e. The summed E-state index contributed by atoms with van der Waals surface area (Å²) in [4.78, 5) is 24.1. The van der Waals surface area contributed by atoms with Crippen molar-refractivity contribution < 1.29 is 18.9 Å². The van der Waals surface area contributed by atoms with Crippen LogP contribution in [0.4, 0.5) is 0 Å². The minimum absolute atomic E-state index is 0.689. The topological polar surface area (TPSA) is 86.4 Å². The third-order valence-electron chi connectivity index (χ3n) is 13.8. The van der Waals surface area contributed by atoms with Gasteiger partial charge in [-0.1, -0.05) is 103 Å². The average molecular weight is 911 g/mol. The Labute approximate surface area is 405 Å². The molecule has 2 aliphatic rings. The molecule has 0 aliphatic carbocycles. The van der Waals surface area contributed by atoms with Crippen molar-refractivity contribution >= 4 is 66.4 Å². The van der Waals surface area contributed by atoms with Crippen molar-refractivity contribution in [3.05, 3.63) is 228 Å².